The topological polar surface area (TPSA) is 35.2 Å². The van der Waals surface area contributed by atoms with E-state index >= 15 is 0 Å². The second-order valence-corrected chi connectivity index (χ2v) is 5.51. The summed E-state index contributed by atoms with van der Waals surface area (Å²) < 4.78 is 19.9. The van der Waals surface area contributed by atoms with Crippen LogP contribution in [0.1, 0.15) is 30.0 Å². The lowest BCUT2D eigenvalue weighted by Gasteiger charge is -2.12. The SMILES string of the molecule is CCC(N)Cc1ccc(Oc2cc(C)ccc2C)c(F)c1. The summed E-state index contributed by atoms with van der Waals surface area (Å²) in [5.74, 6) is 0.584. The molecule has 1 atom stereocenters. The second kappa shape index (κ2) is 6.72. The zero-order chi connectivity index (χ0) is 15.4. The summed E-state index contributed by atoms with van der Waals surface area (Å²) in [7, 11) is 0. The van der Waals surface area contributed by atoms with Crippen LogP contribution >= 0.6 is 0 Å². The van der Waals surface area contributed by atoms with Crippen molar-refractivity contribution < 1.29 is 9.13 Å². The largest absolute Gasteiger partial charge is 0.454 e. The molecular weight excluding hydrogens is 265 g/mol. The number of aryl methyl sites for hydroxylation is 2. The Morgan fingerprint density at radius 1 is 1.10 bits per heavy atom. The maximum Gasteiger partial charge on any atom is 0.165 e. The van der Waals surface area contributed by atoms with Gasteiger partial charge in [-0.05, 0) is 61.6 Å². The van der Waals surface area contributed by atoms with E-state index in [-0.39, 0.29) is 17.6 Å². The summed E-state index contributed by atoms with van der Waals surface area (Å²) in [6.45, 7) is 5.96. The highest BCUT2D eigenvalue weighted by Gasteiger charge is 2.09. The average Bonchev–Trinajstić information content (AvgIpc) is 2.45. The summed E-state index contributed by atoms with van der Waals surface area (Å²) in [5, 5.41) is 0. The lowest BCUT2D eigenvalue weighted by molar-refractivity contribution is 0.438. The number of rotatable bonds is 5. The van der Waals surface area contributed by atoms with Gasteiger partial charge in [-0.3, -0.25) is 0 Å². The first kappa shape index (κ1) is 15.5. The maximum absolute atomic E-state index is 14.2. The zero-order valence-corrected chi connectivity index (χ0v) is 12.8. The van der Waals surface area contributed by atoms with E-state index in [1.807, 2.05) is 45.0 Å². The summed E-state index contributed by atoms with van der Waals surface area (Å²) in [6, 6.07) is 11.0. The van der Waals surface area contributed by atoms with Crippen LogP contribution in [0.4, 0.5) is 4.39 Å². The highest BCUT2D eigenvalue weighted by molar-refractivity contribution is 5.40. The van der Waals surface area contributed by atoms with Gasteiger partial charge in [0.1, 0.15) is 5.75 Å². The molecule has 1 unspecified atom stereocenters. The van der Waals surface area contributed by atoms with Crippen molar-refractivity contribution >= 4 is 0 Å². The van der Waals surface area contributed by atoms with Crippen LogP contribution in [0.2, 0.25) is 0 Å². The third-order valence-electron chi connectivity index (χ3n) is 3.58. The fourth-order valence-corrected chi connectivity index (χ4v) is 2.14. The number of ether oxygens (including phenoxy) is 1. The number of halogens is 1. The van der Waals surface area contributed by atoms with Gasteiger partial charge in [0.2, 0.25) is 0 Å². The number of hydrogen-bond acceptors (Lipinski definition) is 2. The molecule has 21 heavy (non-hydrogen) atoms. The van der Waals surface area contributed by atoms with E-state index < -0.39 is 0 Å². The molecule has 0 aromatic heterocycles. The van der Waals surface area contributed by atoms with Gasteiger partial charge in [0.15, 0.2) is 11.6 Å². The lowest BCUT2D eigenvalue weighted by atomic mass is 10.0. The Morgan fingerprint density at radius 2 is 1.86 bits per heavy atom. The average molecular weight is 287 g/mol. The second-order valence-electron chi connectivity index (χ2n) is 5.51. The van der Waals surface area contributed by atoms with Crippen LogP contribution < -0.4 is 10.5 Å². The molecule has 0 fully saturated rings. The van der Waals surface area contributed by atoms with Crippen molar-refractivity contribution in [3.63, 3.8) is 0 Å². The van der Waals surface area contributed by atoms with Crippen LogP contribution in [0, 0.1) is 19.7 Å². The Bertz CT molecular complexity index is 625. The molecule has 0 spiro atoms. The molecule has 0 bridgehead atoms. The highest BCUT2D eigenvalue weighted by Crippen LogP contribution is 2.28. The lowest BCUT2D eigenvalue weighted by Crippen LogP contribution is -2.21. The van der Waals surface area contributed by atoms with E-state index in [2.05, 4.69) is 0 Å². The fourth-order valence-electron chi connectivity index (χ4n) is 2.14. The van der Waals surface area contributed by atoms with Gasteiger partial charge < -0.3 is 10.5 Å². The Balaban J connectivity index is 2.19. The fraction of sp³-hybridized carbons (Fsp3) is 0.333. The molecule has 0 saturated carbocycles. The summed E-state index contributed by atoms with van der Waals surface area (Å²) in [5.41, 5.74) is 8.87. The van der Waals surface area contributed by atoms with E-state index in [1.54, 1.807) is 6.07 Å². The van der Waals surface area contributed by atoms with E-state index in [0.29, 0.717) is 12.2 Å². The number of hydrogen-bond donors (Lipinski definition) is 1. The van der Waals surface area contributed by atoms with Crippen molar-refractivity contribution in [2.45, 2.75) is 39.7 Å². The molecule has 0 radical (unpaired) electrons. The van der Waals surface area contributed by atoms with Crippen LogP contribution in [-0.4, -0.2) is 6.04 Å². The third-order valence-corrected chi connectivity index (χ3v) is 3.58. The van der Waals surface area contributed by atoms with Crippen molar-refractivity contribution in [1.82, 2.24) is 0 Å². The molecule has 3 heteroatoms. The van der Waals surface area contributed by atoms with Crippen molar-refractivity contribution in [2.75, 3.05) is 0 Å². The Hall–Kier alpha value is -1.87. The maximum atomic E-state index is 14.2. The van der Waals surface area contributed by atoms with Crippen LogP contribution in [0.5, 0.6) is 11.5 Å². The quantitative estimate of drug-likeness (QED) is 0.877. The molecule has 2 aromatic rings. The van der Waals surface area contributed by atoms with Gasteiger partial charge >= 0.3 is 0 Å². The molecule has 0 amide bonds. The van der Waals surface area contributed by atoms with E-state index in [4.69, 9.17) is 10.5 Å². The molecule has 0 aliphatic rings. The first-order valence-electron chi connectivity index (χ1n) is 7.28. The standard InChI is InChI=1S/C18H22FNO/c1-4-15(20)10-14-7-8-17(16(19)11-14)21-18-9-12(2)5-6-13(18)3/h5-9,11,15H,4,10,20H2,1-3H3. The minimum Gasteiger partial charge on any atom is -0.454 e. The van der Waals surface area contributed by atoms with E-state index in [0.717, 1.165) is 23.1 Å². The Kier molecular flexibility index (Phi) is 4.97. The van der Waals surface area contributed by atoms with Gasteiger partial charge in [-0.1, -0.05) is 25.1 Å². The van der Waals surface area contributed by atoms with Crippen LogP contribution in [0.15, 0.2) is 36.4 Å². The Morgan fingerprint density at radius 3 is 2.52 bits per heavy atom. The van der Waals surface area contributed by atoms with Gasteiger partial charge in [-0.15, -0.1) is 0 Å². The third kappa shape index (κ3) is 4.05. The van der Waals surface area contributed by atoms with Gasteiger partial charge in [0, 0.05) is 6.04 Å². The molecule has 2 aromatic carbocycles. The smallest absolute Gasteiger partial charge is 0.165 e. The molecule has 2 N–H and O–H groups in total. The van der Waals surface area contributed by atoms with Gasteiger partial charge in [-0.25, -0.2) is 4.39 Å². The van der Waals surface area contributed by atoms with E-state index in [9.17, 15) is 4.39 Å². The van der Waals surface area contributed by atoms with E-state index in [1.165, 1.54) is 6.07 Å². The van der Waals surface area contributed by atoms with Crippen LogP contribution in [0.25, 0.3) is 0 Å². The molecule has 2 rings (SSSR count). The predicted molar refractivity (Wildman–Crippen MR) is 84.4 cm³/mol. The molecule has 112 valence electrons. The molecule has 0 saturated heterocycles. The minimum absolute atomic E-state index is 0.0650. The first-order chi connectivity index (χ1) is 9.99. The van der Waals surface area contributed by atoms with Crippen LogP contribution in [-0.2, 0) is 6.42 Å². The number of nitrogens with two attached hydrogens (primary N) is 1. The summed E-state index contributed by atoms with van der Waals surface area (Å²) >= 11 is 0. The van der Waals surface area contributed by atoms with Gasteiger partial charge in [0.25, 0.3) is 0 Å². The van der Waals surface area contributed by atoms with Crippen molar-refractivity contribution in [3.8, 4) is 11.5 Å². The molecular formula is C18H22FNO. The molecule has 0 aliphatic carbocycles. The minimum atomic E-state index is -0.350. The van der Waals surface area contributed by atoms with Gasteiger partial charge in [-0.2, -0.15) is 0 Å². The normalized spacial score (nSPS) is 12.2. The first-order valence-corrected chi connectivity index (χ1v) is 7.28. The molecule has 0 aliphatic heterocycles. The monoisotopic (exact) mass is 287 g/mol. The van der Waals surface area contributed by atoms with Crippen LogP contribution in [0.3, 0.4) is 0 Å². The van der Waals surface area contributed by atoms with Crippen molar-refractivity contribution in [1.29, 1.82) is 0 Å². The van der Waals surface area contributed by atoms with Crippen molar-refractivity contribution in [3.05, 3.63) is 58.9 Å². The van der Waals surface area contributed by atoms with Gasteiger partial charge in [0.05, 0.1) is 0 Å². The number of benzene rings is 2. The highest BCUT2D eigenvalue weighted by atomic mass is 19.1. The summed E-state index contributed by atoms with van der Waals surface area (Å²) in [4.78, 5) is 0. The molecule has 2 nitrogen and oxygen atoms in total. The predicted octanol–water partition coefficient (Wildman–Crippen LogP) is 4.51. The zero-order valence-electron chi connectivity index (χ0n) is 12.8. The Labute approximate surface area is 125 Å². The summed E-state index contributed by atoms with van der Waals surface area (Å²) in [6.07, 6.45) is 1.56. The van der Waals surface area contributed by atoms with Crippen molar-refractivity contribution in [2.24, 2.45) is 5.73 Å². The molecule has 0 heterocycles.